The number of rotatable bonds is 8. The Morgan fingerprint density at radius 3 is 2.49 bits per heavy atom. The molecule has 1 aromatic carbocycles. The predicted molar refractivity (Wildman–Crippen MR) is 163 cm³/mol. The Kier molecular flexibility index (Phi) is 12.5. The molecule has 0 aliphatic carbocycles. The van der Waals surface area contributed by atoms with Gasteiger partial charge in [0, 0.05) is 31.9 Å². The second kappa shape index (κ2) is 15.0. The van der Waals surface area contributed by atoms with Gasteiger partial charge in [0.05, 0.1) is 6.04 Å². The predicted octanol–water partition coefficient (Wildman–Crippen LogP) is 8.34. The van der Waals surface area contributed by atoms with Crippen molar-refractivity contribution in [3.63, 3.8) is 0 Å². The van der Waals surface area contributed by atoms with E-state index in [1.54, 1.807) is 19.1 Å². The van der Waals surface area contributed by atoms with Gasteiger partial charge in [0.1, 0.15) is 11.6 Å². The molecule has 0 radical (unpaired) electrons. The van der Waals surface area contributed by atoms with Crippen LogP contribution in [0.4, 0.5) is 15.0 Å². The quantitative estimate of drug-likeness (QED) is 0.344. The van der Waals surface area contributed by atoms with E-state index in [1.807, 2.05) is 36.6 Å². The molecule has 1 aromatic heterocycles. The number of nitrogens with one attached hydrogen (secondary N) is 1. The molecular formula is C33H51FN4O. The molecule has 4 rings (SSSR count). The van der Waals surface area contributed by atoms with E-state index in [9.17, 15) is 9.18 Å². The summed E-state index contributed by atoms with van der Waals surface area (Å²) >= 11 is 0. The van der Waals surface area contributed by atoms with Crippen LogP contribution in [0.1, 0.15) is 96.2 Å². The Balaban J connectivity index is 0.000000686. The van der Waals surface area contributed by atoms with E-state index < -0.39 is 0 Å². The molecule has 39 heavy (non-hydrogen) atoms. The SMILES string of the molecule is C=C(C)C[C@@H](c1ccc(C)c(F)c1)N1CCN(CCCc2ccc3c(n2)NCCC3)C1=O.CC.CC(C)(C)C. The van der Waals surface area contributed by atoms with Crippen LogP contribution in [0.5, 0.6) is 0 Å². The highest BCUT2D eigenvalue weighted by Gasteiger charge is 2.34. The second-order valence-electron chi connectivity index (χ2n) is 12.1. The monoisotopic (exact) mass is 538 g/mol. The van der Waals surface area contributed by atoms with Crippen molar-refractivity contribution >= 4 is 11.8 Å². The number of urea groups is 1. The second-order valence-corrected chi connectivity index (χ2v) is 12.1. The Labute approximate surface area is 236 Å². The number of aryl methyl sites for hydroxylation is 3. The summed E-state index contributed by atoms with van der Waals surface area (Å²) in [6.45, 7) is 23.5. The number of benzene rings is 1. The highest BCUT2D eigenvalue weighted by atomic mass is 19.1. The Hall–Kier alpha value is -2.89. The fourth-order valence-corrected chi connectivity index (χ4v) is 4.61. The average molecular weight is 539 g/mol. The number of anilines is 1. The number of nitrogens with zero attached hydrogens (tertiary/aromatic N) is 3. The highest BCUT2D eigenvalue weighted by molar-refractivity contribution is 5.77. The molecule has 0 unspecified atom stereocenters. The molecule has 2 amide bonds. The van der Waals surface area contributed by atoms with Crippen molar-refractivity contribution in [2.75, 3.05) is 31.5 Å². The third-order valence-corrected chi connectivity index (χ3v) is 6.44. The van der Waals surface area contributed by atoms with Gasteiger partial charge in [0.15, 0.2) is 0 Å². The Morgan fingerprint density at radius 1 is 1.15 bits per heavy atom. The first-order chi connectivity index (χ1) is 18.4. The summed E-state index contributed by atoms with van der Waals surface area (Å²) in [5, 5.41) is 3.38. The normalized spacial score (nSPS) is 15.4. The van der Waals surface area contributed by atoms with Crippen LogP contribution in [-0.4, -0.2) is 47.0 Å². The Morgan fingerprint density at radius 2 is 1.85 bits per heavy atom. The minimum Gasteiger partial charge on any atom is -0.370 e. The van der Waals surface area contributed by atoms with Crippen LogP contribution in [0, 0.1) is 18.2 Å². The van der Waals surface area contributed by atoms with Crippen molar-refractivity contribution in [2.24, 2.45) is 5.41 Å². The van der Waals surface area contributed by atoms with E-state index in [-0.39, 0.29) is 17.9 Å². The zero-order valence-electron chi connectivity index (χ0n) is 25.7. The molecule has 1 N–H and O–H groups in total. The first-order valence-electron chi connectivity index (χ1n) is 14.6. The van der Waals surface area contributed by atoms with E-state index in [0.717, 1.165) is 54.9 Å². The van der Waals surface area contributed by atoms with Crippen molar-refractivity contribution in [2.45, 2.75) is 93.5 Å². The summed E-state index contributed by atoms with van der Waals surface area (Å²) in [5.41, 5.74) is 5.29. The zero-order chi connectivity index (χ0) is 29.2. The molecule has 2 aliphatic heterocycles. The highest BCUT2D eigenvalue weighted by Crippen LogP contribution is 2.31. The lowest BCUT2D eigenvalue weighted by Crippen LogP contribution is -2.35. The summed E-state index contributed by atoms with van der Waals surface area (Å²) in [7, 11) is 0. The molecule has 216 valence electrons. The molecule has 1 saturated heterocycles. The molecule has 0 spiro atoms. The minimum atomic E-state index is -0.232. The van der Waals surface area contributed by atoms with Crippen LogP contribution in [0.15, 0.2) is 42.5 Å². The molecule has 2 aliphatic rings. The summed E-state index contributed by atoms with van der Waals surface area (Å²) in [5.74, 6) is 0.787. The number of amides is 2. The summed E-state index contributed by atoms with van der Waals surface area (Å²) in [4.78, 5) is 21.7. The number of carbonyl (C=O) groups is 1. The average Bonchev–Trinajstić information content (AvgIpc) is 3.24. The third-order valence-electron chi connectivity index (χ3n) is 6.44. The van der Waals surface area contributed by atoms with Crippen molar-refractivity contribution in [1.29, 1.82) is 0 Å². The van der Waals surface area contributed by atoms with Crippen LogP contribution in [0.2, 0.25) is 0 Å². The molecule has 6 heteroatoms. The molecule has 0 saturated carbocycles. The van der Waals surface area contributed by atoms with Gasteiger partial charge in [-0.3, -0.25) is 0 Å². The number of carbonyl (C=O) groups excluding carboxylic acids is 1. The van der Waals surface area contributed by atoms with Gasteiger partial charge in [-0.1, -0.05) is 65.3 Å². The lowest BCUT2D eigenvalue weighted by atomic mass is 9.97. The van der Waals surface area contributed by atoms with Gasteiger partial charge in [-0.15, -0.1) is 6.58 Å². The summed E-state index contributed by atoms with van der Waals surface area (Å²) < 4.78 is 14.2. The van der Waals surface area contributed by atoms with Gasteiger partial charge in [-0.25, -0.2) is 14.2 Å². The van der Waals surface area contributed by atoms with E-state index in [1.165, 1.54) is 5.56 Å². The number of fused-ring (bicyclic) bond motifs is 1. The maximum Gasteiger partial charge on any atom is 0.320 e. The van der Waals surface area contributed by atoms with Crippen LogP contribution in [-0.2, 0) is 12.8 Å². The first kappa shape index (κ1) is 32.3. The van der Waals surface area contributed by atoms with Crippen LogP contribution < -0.4 is 5.32 Å². The summed E-state index contributed by atoms with van der Waals surface area (Å²) in [6, 6.07) is 9.40. The molecular weight excluding hydrogens is 487 g/mol. The number of hydrogen-bond donors (Lipinski definition) is 1. The number of hydrogen-bond acceptors (Lipinski definition) is 3. The van der Waals surface area contributed by atoms with Gasteiger partial charge in [-0.2, -0.15) is 0 Å². The molecule has 3 heterocycles. The smallest absolute Gasteiger partial charge is 0.320 e. The fraction of sp³-hybridized carbons (Fsp3) is 0.576. The van der Waals surface area contributed by atoms with Gasteiger partial charge in [0.2, 0.25) is 0 Å². The molecule has 1 atom stereocenters. The molecule has 0 bridgehead atoms. The fourth-order valence-electron chi connectivity index (χ4n) is 4.61. The maximum absolute atomic E-state index is 14.2. The third kappa shape index (κ3) is 10.3. The number of halogens is 1. The molecule has 1 fully saturated rings. The van der Waals surface area contributed by atoms with Crippen molar-refractivity contribution < 1.29 is 9.18 Å². The standard InChI is InChI=1S/C26H33FN4O.C5H12.C2H6/c1-18(2)16-24(21-9-8-19(3)23(27)17-21)31-15-14-30(26(31)32)13-5-7-22-11-10-20-6-4-12-28-25(20)29-22;1-5(2,3)4;1-2/h8-11,17,24H,1,4-7,12-16H2,2-3H3,(H,28,29);1-4H3;1-2H3/t24-;;/m0../s1. The van der Waals surface area contributed by atoms with E-state index in [0.29, 0.717) is 37.0 Å². The maximum atomic E-state index is 14.2. The lowest BCUT2D eigenvalue weighted by molar-refractivity contribution is 0.176. The van der Waals surface area contributed by atoms with E-state index >= 15 is 0 Å². The van der Waals surface area contributed by atoms with E-state index in [2.05, 4.69) is 51.7 Å². The van der Waals surface area contributed by atoms with Gasteiger partial charge < -0.3 is 15.1 Å². The van der Waals surface area contributed by atoms with Crippen molar-refractivity contribution in [3.05, 3.63) is 70.7 Å². The van der Waals surface area contributed by atoms with Gasteiger partial charge in [0.25, 0.3) is 0 Å². The first-order valence-corrected chi connectivity index (χ1v) is 14.6. The van der Waals surface area contributed by atoms with Crippen molar-refractivity contribution in [1.82, 2.24) is 14.8 Å². The zero-order valence-corrected chi connectivity index (χ0v) is 25.7. The molecule has 5 nitrogen and oxygen atoms in total. The minimum absolute atomic E-state index is 0.0253. The Bertz CT molecular complexity index is 1090. The number of pyridine rings is 1. The number of aromatic nitrogens is 1. The van der Waals surface area contributed by atoms with Gasteiger partial charge in [-0.05, 0) is 80.2 Å². The van der Waals surface area contributed by atoms with Crippen LogP contribution in [0.3, 0.4) is 0 Å². The largest absolute Gasteiger partial charge is 0.370 e. The summed E-state index contributed by atoms with van der Waals surface area (Å²) in [6.07, 6.45) is 4.59. The van der Waals surface area contributed by atoms with E-state index in [4.69, 9.17) is 4.98 Å². The molecule has 2 aromatic rings. The topological polar surface area (TPSA) is 48.5 Å². The van der Waals surface area contributed by atoms with Crippen LogP contribution >= 0.6 is 0 Å². The lowest BCUT2D eigenvalue weighted by Gasteiger charge is -2.29. The van der Waals surface area contributed by atoms with Crippen molar-refractivity contribution in [3.8, 4) is 0 Å². The van der Waals surface area contributed by atoms with Crippen LogP contribution in [0.25, 0.3) is 0 Å². The van der Waals surface area contributed by atoms with Gasteiger partial charge >= 0.3 is 6.03 Å².